The molecule has 0 aliphatic carbocycles. The summed E-state index contributed by atoms with van der Waals surface area (Å²) in [5.74, 6) is -0.523. The number of rotatable bonds is 7. The molecule has 10 heteroatoms. The smallest absolute Gasteiger partial charge is 0.257 e. The van der Waals surface area contributed by atoms with Crippen molar-refractivity contribution in [2.45, 2.75) is 18.2 Å². The third-order valence-corrected chi connectivity index (χ3v) is 5.79. The molecule has 1 atom stereocenters. The molecule has 3 aromatic rings. The molecule has 9 nitrogen and oxygen atoms in total. The predicted octanol–water partition coefficient (Wildman–Crippen LogP) is 0.854. The van der Waals surface area contributed by atoms with Crippen molar-refractivity contribution in [1.82, 2.24) is 14.7 Å². The van der Waals surface area contributed by atoms with Gasteiger partial charge in [-0.1, -0.05) is 17.3 Å². The van der Waals surface area contributed by atoms with Crippen LogP contribution in [0.2, 0.25) is 0 Å². The van der Waals surface area contributed by atoms with Gasteiger partial charge >= 0.3 is 0 Å². The molecule has 146 valence electrons. The van der Waals surface area contributed by atoms with E-state index in [0.29, 0.717) is 11.5 Å². The van der Waals surface area contributed by atoms with Crippen LogP contribution in [-0.4, -0.2) is 40.5 Å². The first-order chi connectivity index (χ1) is 13.3. The number of primary amides is 1. The fraction of sp³-hybridized carbons (Fsp3) is 0.222. The van der Waals surface area contributed by atoms with E-state index in [4.69, 9.17) is 10.3 Å². The first-order valence-corrected chi connectivity index (χ1v) is 10.3. The number of nitrogens with two attached hydrogens (primary N) is 1. The molecule has 0 saturated carbocycles. The van der Waals surface area contributed by atoms with Gasteiger partial charge < -0.3 is 14.8 Å². The van der Waals surface area contributed by atoms with Crippen molar-refractivity contribution in [2.75, 3.05) is 6.26 Å². The van der Waals surface area contributed by atoms with E-state index < -0.39 is 21.0 Å². The van der Waals surface area contributed by atoms with Crippen molar-refractivity contribution in [1.29, 1.82) is 0 Å². The Bertz CT molecular complexity index is 1140. The topological polar surface area (TPSA) is 138 Å². The largest absolute Gasteiger partial charge is 0.369 e. The number of benzene rings is 1. The number of pyridine rings is 1. The number of carbonyl (C=O) groups is 1. The number of carbonyl (C=O) groups excluding carboxylic acids is 1. The van der Waals surface area contributed by atoms with Crippen LogP contribution in [0.4, 0.5) is 0 Å². The number of aromatic nitrogens is 3. The second-order valence-electron chi connectivity index (χ2n) is 6.28. The highest BCUT2D eigenvalue weighted by Gasteiger charge is 2.26. The molecule has 0 radical (unpaired) electrons. The maximum atomic E-state index is 12.4. The Morgan fingerprint density at radius 3 is 2.39 bits per heavy atom. The lowest BCUT2D eigenvalue weighted by atomic mass is 10.0. The minimum absolute atomic E-state index is 0.0632. The van der Waals surface area contributed by atoms with Crippen LogP contribution in [0.5, 0.6) is 0 Å². The van der Waals surface area contributed by atoms with Crippen LogP contribution in [0.3, 0.4) is 0 Å². The molecule has 1 aromatic carbocycles. The zero-order valence-corrected chi connectivity index (χ0v) is 15.8. The van der Waals surface area contributed by atoms with Crippen LogP contribution in [0.15, 0.2) is 58.2 Å². The van der Waals surface area contributed by atoms with E-state index in [1.807, 2.05) is 12.1 Å². The average Bonchev–Trinajstić information content (AvgIpc) is 3.16. The summed E-state index contributed by atoms with van der Waals surface area (Å²) in [5, 5.41) is 2.24. The highest BCUT2D eigenvalue weighted by molar-refractivity contribution is 7.92. The SMILES string of the molecule is CS(=O)(=O)C(CCn1ccc(-c2ccc(-c3ncno3)cc2)cc1=O)C(N)=O. The molecule has 0 fully saturated rings. The van der Waals surface area contributed by atoms with Crippen molar-refractivity contribution in [3.05, 3.63) is 59.3 Å². The van der Waals surface area contributed by atoms with E-state index in [2.05, 4.69) is 10.1 Å². The Labute approximate surface area is 160 Å². The minimum atomic E-state index is -3.63. The van der Waals surface area contributed by atoms with Crippen LogP contribution < -0.4 is 11.3 Å². The second-order valence-corrected chi connectivity index (χ2v) is 8.51. The zero-order valence-electron chi connectivity index (χ0n) is 15.0. The third kappa shape index (κ3) is 4.34. The van der Waals surface area contributed by atoms with Crippen LogP contribution in [0, 0.1) is 0 Å². The summed E-state index contributed by atoms with van der Waals surface area (Å²) in [7, 11) is -3.63. The number of aryl methyl sites for hydroxylation is 1. The standard InChI is InChI=1S/C18H18N4O5S/c1-28(25,26)15(17(19)24)7-9-22-8-6-14(10-16(22)23)12-2-4-13(5-3-12)18-20-11-21-27-18/h2-6,8,10-11,15H,7,9H2,1H3,(H2,19,24). The Morgan fingerprint density at radius 2 is 1.86 bits per heavy atom. The summed E-state index contributed by atoms with van der Waals surface area (Å²) in [6.07, 6.45) is 3.76. The Balaban J connectivity index is 1.77. The monoisotopic (exact) mass is 402 g/mol. The first-order valence-electron chi connectivity index (χ1n) is 8.32. The molecule has 0 spiro atoms. The van der Waals surface area contributed by atoms with Gasteiger partial charge in [0.1, 0.15) is 5.25 Å². The van der Waals surface area contributed by atoms with Gasteiger partial charge in [-0.25, -0.2) is 8.42 Å². The number of nitrogens with zero attached hydrogens (tertiary/aromatic N) is 3. The molecular weight excluding hydrogens is 384 g/mol. The van der Waals surface area contributed by atoms with Crippen molar-refractivity contribution in [3.63, 3.8) is 0 Å². The molecule has 0 bridgehead atoms. The Hall–Kier alpha value is -3.27. The van der Waals surface area contributed by atoms with Gasteiger partial charge in [0, 0.05) is 30.6 Å². The first kappa shape index (κ1) is 19.5. The highest BCUT2D eigenvalue weighted by atomic mass is 32.2. The molecule has 28 heavy (non-hydrogen) atoms. The van der Waals surface area contributed by atoms with E-state index in [-0.39, 0.29) is 18.5 Å². The molecule has 0 saturated heterocycles. The van der Waals surface area contributed by atoms with Crippen molar-refractivity contribution in [3.8, 4) is 22.6 Å². The lowest BCUT2D eigenvalue weighted by Crippen LogP contribution is -2.36. The number of sulfone groups is 1. The number of hydrogen-bond acceptors (Lipinski definition) is 7. The van der Waals surface area contributed by atoms with E-state index in [0.717, 1.165) is 17.4 Å². The zero-order chi connectivity index (χ0) is 20.3. The second kappa shape index (κ2) is 7.77. The van der Waals surface area contributed by atoms with Crippen LogP contribution >= 0.6 is 0 Å². The normalized spacial score (nSPS) is 12.6. The summed E-state index contributed by atoms with van der Waals surface area (Å²) < 4.78 is 29.6. The summed E-state index contributed by atoms with van der Waals surface area (Å²) in [4.78, 5) is 27.7. The van der Waals surface area contributed by atoms with Crippen LogP contribution in [-0.2, 0) is 21.2 Å². The van der Waals surface area contributed by atoms with Gasteiger partial charge in [-0.15, -0.1) is 0 Å². The molecule has 2 N–H and O–H groups in total. The van der Waals surface area contributed by atoms with Gasteiger partial charge in [0.25, 0.3) is 11.4 Å². The van der Waals surface area contributed by atoms with Crippen molar-refractivity contribution in [2.24, 2.45) is 5.73 Å². The van der Waals surface area contributed by atoms with Gasteiger partial charge in [0.05, 0.1) is 0 Å². The summed E-state index contributed by atoms with van der Waals surface area (Å²) in [6, 6.07) is 10.4. The third-order valence-electron chi connectivity index (χ3n) is 4.29. The lowest BCUT2D eigenvalue weighted by molar-refractivity contribution is -0.117. The van der Waals surface area contributed by atoms with E-state index in [1.165, 1.54) is 17.0 Å². The highest BCUT2D eigenvalue weighted by Crippen LogP contribution is 2.22. The Morgan fingerprint density at radius 1 is 1.18 bits per heavy atom. The van der Waals surface area contributed by atoms with Crippen molar-refractivity contribution >= 4 is 15.7 Å². The van der Waals surface area contributed by atoms with Gasteiger partial charge in [-0.3, -0.25) is 9.59 Å². The molecule has 1 unspecified atom stereocenters. The summed E-state index contributed by atoms with van der Waals surface area (Å²) >= 11 is 0. The van der Waals surface area contributed by atoms with Crippen molar-refractivity contribution < 1.29 is 17.7 Å². The molecule has 1 amide bonds. The van der Waals surface area contributed by atoms with E-state index in [1.54, 1.807) is 24.4 Å². The van der Waals surface area contributed by atoms with E-state index in [9.17, 15) is 18.0 Å². The fourth-order valence-corrected chi connectivity index (χ4v) is 3.76. The minimum Gasteiger partial charge on any atom is -0.369 e. The summed E-state index contributed by atoms with van der Waals surface area (Å²) in [5.41, 5.74) is 7.12. The molecule has 3 rings (SSSR count). The van der Waals surface area contributed by atoms with Gasteiger partial charge in [0.2, 0.25) is 5.91 Å². The molecule has 2 heterocycles. The maximum Gasteiger partial charge on any atom is 0.257 e. The Kier molecular flexibility index (Phi) is 5.41. The number of amides is 1. The van der Waals surface area contributed by atoms with Crippen LogP contribution in [0.1, 0.15) is 6.42 Å². The maximum absolute atomic E-state index is 12.4. The molecule has 0 aliphatic rings. The predicted molar refractivity (Wildman–Crippen MR) is 102 cm³/mol. The number of hydrogen-bond donors (Lipinski definition) is 1. The van der Waals surface area contributed by atoms with Gasteiger partial charge in [-0.05, 0) is 35.7 Å². The van der Waals surface area contributed by atoms with Gasteiger partial charge in [-0.2, -0.15) is 4.98 Å². The van der Waals surface area contributed by atoms with E-state index >= 15 is 0 Å². The summed E-state index contributed by atoms with van der Waals surface area (Å²) in [6.45, 7) is 0.0654. The van der Waals surface area contributed by atoms with Crippen LogP contribution in [0.25, 0.3) is 22.6 Å². The molecule has 0 aliphatic heterocycles. The van der Waals surface area contributed by atoms with Gasteiger partial charge in [0.15, 0.2) is 16.2 Å². The molecular formula is C18H18N4O5S. The quantitative estimate of drug-likeness (QED) is 0.618. The molecule has 2 aromatic heterocycles. The average molecular weight is 402 g/mol. The fourth-order valence-electron chi connectivity index (χ4n) is 2.80. The lowest BCUT2D eigenvalue weighted by Gasteiger charge is -2.13.